The minimum Gasteiger partial charge on any atom is -0.394 e. The van der Waals surface area contributed by atoms with Gasteiger partial charge < -0.3 is 14.4 Å². The summed E-state index contributed by atoms with van der Waals surface area (Å²) in [4.78, 5) is 8.86. The van der Waals surface area contributed by atoms with Crippen LogP contribution < -0.4 is 5.49 Å². The molecule has 0 amide bonds. The maximum atomic E-state index is 9.22. The smallest absolute Gasteiger partial charge is 0.167 e. The highest BCUT2D eigenvalue weighted by molar-refractivity contribution is 5.68. The number of hydrogen-bond donors (Lipinski definition) is 2. The average molecular weight is 325 g/mol. The number of rotatable bonds is 4. The molecule has 0 bridgehead atoms. The van der Waals surface area contributed by atoms with E-state index >= 15 is 0 Å². The van der Waals surface area contributed by atoms with Gasteiger partial charge in [-0.25, -0.2) is 9.97 Å². The summed E-state index contributed by atoms with van der Waals surface area (Å²) in [6.45, 7) is 0.610. The zero-order valence-corrected chi connectivity index (χ0v) is 13.2. The lowest BCUT2D eigenvalue weighted by Gasteiger charge is -2.14. The van der Waals surface area contributed by atoms with Gasteiger partial charge in [-0.05, 0) is 18.4 Å². The molecule has 0 spiro atoms. The van der Waals surface area contributed by atoms with E-state index in [2.05, 4.69) is 9.97 Å². The highest BCUT2D eigenvalue weighted by Gasteiger charge is 2.27. The van der Waals surface area contributed by atoms with Crippen LogP contribution in [-0.4, -0.2) is 36.9 Å². The molecule has 24 heavy (non-hydrogen) atoms. The predicted molar refractivity (Wildman–Crippen MR) is 87.1 cm³/mol. The first-order chi connectivity index (χ1) is 11.8. The number of aliphatic hydroxyl groups excluding tert-OH is 1. The summed E-state index contributed by atoms with van der Waals surface area (Å²) in [5, 5.41) is 17.6. The Bertz CT molecular complexity index is 902. The number of nitrogens with one attached hydrogen (secondary N) is 1. The van der Waals surface area contributed by atoms with E-state index < -0.39 is 0 Å². The minimum absolute atomic E-state index is 0.0251. The summed E-state index contributed by atoms with van der Waals surface area (Å²) < 4.78 is 9.43. The number of nitrogens with zero attached hydrogens (tertiary/aromatic N) is 4. The van der Waals surface area contributed by atoms with Crippen LogP contribution in [0.4, 0.5) is 0 Å². The van der Waals surface area contributed by atoms with Gasteiger partial charge in [0.15, 0.2) is 11.1 Å². The molecule has 1 aromatic carbocycles. The van der Waals surface area contributed by atoms with Gasteiger partial charge in [0.25, 0.3) is 0 Å². The van der Waals surface area contributed by atoms with Gasteiger partial charge in [-0.15, -0.1) is 0 Å². The monoisotopic (exact) mass is 325 g/mol. The van der Waals surface area contributed by atoms with Gasteiger partial charge in [0.05, 0.1) is 31.9 Å². The Morgan fingerprint density at radius 1 is 1.17 bits per heavy atom. The molecule has 7 nitrogen and oxygen atoms in total. The van der Waals surface area contributed by atoms with Gasteiger partial charge in [0.2, 0.25) is 0 Å². The van der Waals surface area contributed by atoms with Gasteiger partial charge >= 0.3 is 0 Å². The lowest BCUT2D eigenvalue weighted by molar-refractivity contribution is -0.0207. The number of fused-ring (bicyclic) bond motifs is 1. The summed E-state index contributed by atoms with van der Waals surface area (Å²) >= 11 is 0. The molecule has 2 N–H and O–H groups in total. The molecule has 7 heteroatoms. The van der Waals surface area contributed by atoms with Crippen molar-refractivity contribution in [1.82, 2.24) is 19.1 Å². The molecule has 1 saturated heterocycles. The Morgan fingerprint density at radius 3 is 2.75 bits per heavy atom. The van der Waals surface area contributed by atoms with E-state index in [9.17, 15) is 5.11 Å². The van der Waals surface area contributed by atoms with Crippen LogP contribution in [-0.2, 0) is 11.3 Å². The van der Waals surface area contributed by atoms with Crippen LogP contribution in [0.5, 0.6) is 0 Å². The molecular formula is C17H19N5O2. The standard InChI is InChI=1S/C17H19N5O2/c18-16-15-17(20-10-21(16)8-12-4-2-1-3-5-12)22(11-19-15)14-7-6-13(9-23)24-14/h1-5,10-11,13-14,18,23H,6-9H2. The maximum absolute atomic E-state index is 9.22. The zero-order chi connectivity index (χ0) is 16.5. The van der Waals surface area contributed by atoms with Crippen LogP contribution in [0.15, 0.2) is 43.0 Å². The van der Waals surface area contributed by atoms with Gasteiger partial charge in [-0.1, -0.05) is 30.3 Å². The number of imidazole rings is 1. The SMILES string of the molecule is N=c1c2ncn(C3CCC(CO)O3)c2ncn1Cc1ccccc1. The van der Waals surface area contributed by atoms with Crippen molar-refractivity contribution in [3.8, 4) is 0 Å². The third-order valence-electron chi connectivity index (χ3n) is 4.39. The second-order valence-corrected chi connectivity index (χ2v) is 6.00. The van der Waals surface area contributed by atoms with Crippen molar-refractivity contribution in [3.05, 3.63) is 54.0 Å². The number of benzene rings is 1. The summed E-state index contributed by atoms with van der Waals surface area (Å²) in [5.74, 6) is 0. The normalized spacial score (nSPS) is 20.7. The number of aliphatic hydroxyl groups is 1. The number of ether oxygens (including phenoxy) is 1. The summed E-state index contributed by atoms with van der Waals surface area (Å²) in [6, 6.07) is 9.98. The van der Waals surface area contributed by atoms with Crippen molar-refractivity contribution in [2.75, 3.05) is 6.61 Å². The number of hydrogen-bond acceptors (Lipinski definition) is 5. The van der Waals surface area contributed by atoms with E-state index in [1.165, 1.54) is 0 Å². The largest absolute Gasteiger partial charge is 0.394 e. The molecule has 4 rings (SSSR count). The Balaban J connectivity index is 1.67. The van der Waals surface area contributed by atoms with E-state index in [-0.39, 0.29) is 18.9 Å². The van der Waals surface area contributed by atoms with Crippen LogP contribution in [0.1, 0.15) is 24.6 Å². The highest BCUT2D eigenvalue weighted by atomic mass is 16.5. The van der Waals surface area contributed by atoms with E-state index in [1.54, 1.807) is 17.2 Å². The summed E-state index contributed by atoms with van der Waals surface area (Å²) in [7, 11) is 0. The molecule has 0 saturated carbocycles. The second-order valence-electron chi connectivity index (χ2n) is 6.00. The maximum Gasteiger partial charge on any atom is 0.167 e. The van der Waals surface area contributed by atoms with Gasteiger partial charge in [0.1, 0.15) is 11.7 Å². The van der Waals surface area contributed by atoms with Gasteiger partial charge in [-0.3, -0.25) is 9.98 Å². The molecule has 3 heterocycles. The van der Waals surface area contributed by atoms with Gasteiger partial charge in [0, 0.05) is 0 Å². The van der Waals surface area contributed by atoms with Crippen molar-refractivity contribution in [2.24, 2.45) is 0 Å². The van der Waals surface area contributed by atoms with Crippen molar-refractivity contribution >= 4 is 11.2 Å². The first kappa shape index (κ1) is 15.0. The first-order valence-corrected chi connectivity index (χ1v) is 8.03. The van der Waals surface area contributed by atoms with Crippen LogP contribution in [0.2, 0.25) is 0 Å². The minimum atomic E-state index is -0.177. The third kappa shape index (κ3) is 2.61. The fourth-order valence-corrected chi connectivity index (χ4v) is 3.10. The molecule has 124 valence electrons. The van der Waals surface area contributed by atoms with E-state index in [0.29, 0.717) is 23.2 Å². The topological polar surface area (TPSA) is 89.0 Å². The predicted octanol–water partition coefficient (Wildman–Crippen LogP) is 1.43. The van der Waals surface area contributed by atoms with Crippen LogP contribution in [0, 0.1) is 5.41 Å². The second kappa shape index (κ2) is 6.18. The lowest BCUT2D eigenvalue weighted by Crippen LogP contribution is -2.22. The molecular weight excluding hydrogens is 306 g/mol. The van der Waals surface area contributed by atoms with Crippen LogP contribution >= 0.6 is 0 Å². The third-order valence-corrected chi connectivity index (χ3v) is 4.39. The van der Waals surface area contributed by atoms with Crippen molar-refractivity contribution in [1.29, 1.82) is 5.41 Å². The first-order valence-electron chi connectivity index (χ1n) is 8.03. The number of aromatic nitrogens is 4. The van der Waals surface area contributed by atoms with Gasteiger partial charge in [-0.2, -0.15) is 0 Å². The fourth-order valence-electron chi connectivity index (χ4n) is 3.10. The van der Waals surface area contributed by atoms with Crippen LogP contribution in [0.3, 0.4) is 0 Å². The molecule has 3 aromatic rings. The molecule has 1 aliphatic rings. The van der Waals surface area contributed by atoms with E-state index in [4.69, 9.17) is 10.1 Å². The van der Waals surface area contributed by atoms with E-state index in [0.717, 1.165) is 18.4 Å². The Labute approximate surface area is 138 Å². The van der Waals surface area contributed by atoms with Crippen molar-refractivity contribution < 1.29 is 9.84 Å². The molecule has 1 aliphatic heterocycles. The fraction of sp³-hybridized carbons (Fsp3) is 0.353. The quantitative estimate of drug-likeness (QED) is 0.759. The molecule has 2 aromatic heterocycles. The Kier molecular flexibility index (Phi) is 3.87. The molecule has 0 radical (unpaired) electrons. The Hall–Kier alpha value is -2.51. The summed E-state index contributed by atoms with van der Waals surface area (Å²) in [5.41, 5.74) is 2.65. The summed E-state index contributed by atoms with van der Waals surface area (Å²) in [6.07, 6.45) is 4.67. The molecule has 0 aliphatic carbocycles. The lowest BCUT2D eigenvalue weighted by atomic mass is 10.2. The highest BCUT2D eigenvalue weighted by Crippen LogP contribution is 2.29. The van der Waals surface area contributed by atoms with Crippen molar-refractivity contribution in [2.45, 2.75) is 31.7 Å². The van der Waals surface area contributed by atoms with Crippen molar-refractivity contribution in [3.63, 3.8) is 0 Å². The molecule has 1 fully saturated rings. The molecule has 2 unspecified atom stereocenters. The average Bonchev–Trinajstić information content (AvgIpc) is 3.25. The van der Waals surface area contributed by atoms with E-state index in [1.807, 2.05) is 34.9 Å². The Morgan fingerprint density at radius 2 is 2.00 bits per heavy atom. The van der Waals surface area contributed by atoms with Crippen LogP contribution in [0.25, 0.3) is 11.2 Å². The zero-order valence-electron chi connectivity index (χ0n) is 13.2. The molecule has 2 atom stereocenters.